The quantitative estimate of drug-likeness (QED) is 0.571. The highest BCUT2D eigenvalue weighted by molar-refractivity contribution is 7.99. The number of rotatable bonds is 2. The first-order valence-electron chi connectivity index (χ1n) is 5.90. The van der Waals surface area contributed by atoms with Gasteiger partial charge in [0, 0.05) is 16.0 Å². The minimum Gasteiger partial charge on any atom is -0.448 e. The minimum absolute atomic E-state index is 0.199. The van der Waals surface area contributed by atoms with Crippen LogP contribution in [0.2, 0.25) is 15.1 Å². The molecule has 0 radical (unpaired) electrons. The second-order valence-electron chi connectivity index (χ2n) is 4.23. The minimum atomic E-state index is -0.199. The molecule has 0 aliphatic rings. The van der Waals surface area contributed by atoms with Crippen molar-refractivity contribution in [2.24, 2.45) is 0 Å². The molecular weight excluding hydrogens is 351 g/mol. The van der Waals surface area contributed by atoms with Crippen molar-refractivity contribution in [3.05, 3.63) is 67.8 Å². The normalized spacial score (nSPS) is 11.0. The lowest BCUT2D eigenvalue weighted by Gasteiger charge is -2.05. The van der Waals surface area contributed by atoms with Crippen molar-refractivity contribution >= 4 is 57.5 Å². The van der Waals surface area contributed by atoms with Crippen molar-refractivity contribution in [3.63, 3.8) is 0 Å². The fraction of sp³-hybridized carbons (Fsp3) is 0. The molecule has 0 fully saturated rings. The van der Waals surface area contributed by atoms with Gasteiger partial charge in [0.2, 0.25) is 0 Å². The third-order valence-electron chi connectivity index (χ3n) is 2.77. The molecule has 0 unspecified atom stereocenters. The first-order chi connectivity index (χ1) is 10.0. The maximum absolute atomic E-state index is 12.2. The summed E-state index contributed by atoms with van der Waals surface area (Å²) >= 11 is 19.4. The molecule has 2 nitrogen and oxygen atoms in total. The van der Waals surface area contributed by atoms with Gasteiger partial charge in [0.25, 0.3) is 0 Å². The average Bonchev–Trinajstić information content (AvgIpc) is 2.43. The lowest BCUT2D eigenvalue weighted by Crippen LogP contribution is -2.00. The highest BCUT2D eigenvalue weighted by Crippen LogP contribution is 2.35. The van der Waals surface area contributed by atoms with E-state index in [4.69, 9.17) is 39.2 Å². The number of benzene rings is 2. The zero-order chi connectivity index (χ0) is 15.0. The van der Waals surface area contributed by atoms with E-state index in [1.165, 1.54) is 17.8 Å². The highest BCUT2D eigenvalue weighted by Gasteiger charge is 2.11. The van der Waals surface area contributed by atoms with E-state index in [-0.39, 0.29) is 5.43 Å². The van der Waals surface area contributed by atoms with E-state index < -0.39 is 0 Å². The molecule has 0 aliphatic heterocycles. The first-order valence-corrected chi connectivity index (χ1v) is 7.85. The largest absolute Gasteiger partial charge is 0.448 e. The Labute approximate surface area is 139 Å². The van der Waals surface area contributed by atoms with E-state index in [2.05, 4.69) is 0 Å². The fourth-order valence-corrected chi connectivity index (χ4v) is 3.45. The molecule has 3 rings (SSSR count). The Morgan fingerprint density at radius 3 is 2.48 bits per heavy atom. The maximum Gasteiger partial charge on any atom is 0.193 e. The van der Waals surface area contributed by atoms with Gasteiger partial charge in [-0.1, -0.05) is 58.7 Å². The molecule has 0 amide bonds. The Morgan fingerprint density at radius 1 is 0.952 bits per heavy atom. The van der Waals surface area contributed by atoms with E-state index in [0.29, 0.717) is 31.1 Å². The Balaban J connectivity index is 2.13. The van der Waals surface area contributed by atoms with Gasteiger partial charge in [0.05, 0.1) is 15.4 Å². The predicted octanol–water partition coefficient (Wildman–Crippen LogP) is 5.90. The van der Waals surface area contributed by atoms with Gasteiger partial charge in [-0.3, -0.25) is 4.79 Å². The molecule has 1 heterocycles. The van der Waals surface area contributed by atoms with Crippen LogP contribution >= 0.6 is 46.6 Å². The summed E-state index contributed by atoms with van der Waals surface area (Å²) in [5, 5.41) is 2.07. The third-order valence-corrected chi connectivity index (χ3v) is 4.69. The van der Waals surface area contributed by atoms with Crippen molar-refractivity contribution in [1.29, 1.82) is 0 Å². The smallest absolute Gasteiger partial charge is 0.193 e. The molecule has 0 saturated carbocycles. The molecule has 0 bridgehead atoms. The third kappa shape index (κ3) is 3.06. The first kappa shape index (κ1) is 14.8. The molecule has 0 aliphatic carbocycles. The maximum atomic E-state index is 12.2. The van der Waals surface area contributed by atoms with Crippen LogP contribution in [0.15, 0.2) is 61.7 Å². The second kappa shape index (κ2) is 5.93. The SMILES string of the molecule is O=c1cc(Sc2ccccc2Cl)oc2c(Cl)cc(Cl)cc12. The average molecular weight is 358 g/mol. The summed E-state index contributed by atoms with van der Waals surface area (Å²) in [5.74, 6) is 0. The van der Waals surface area contributed by atoms with Gasteiger partial charge in [0.1, 0.15) is 0 Å². The fourth-order valence-electron chi connectivity index (χ4n) is 1.85. The van der Waals surface area contributed by atoms with Crippen LogP contribution in [-0.4, -0.2) is 0 Å². The lowest BCUT2D eigenvalue weighted by molar-refractivity contribution is 0.500. The summed E-state index contributed by atoms with van der Waals surface area (Å²) in [6.07, 6.45) is 0. The predicted molar refractivity (Wildman–Crippen MR) is 88.1 cm³/mol. The van der Waals surface area contributed by atoms with E-state index in [0.717, 1.165) is 4.90 Å². The van der Waals surface area contributed by atoms with Crippen molar-refractivity contribution in [3.8, 4) is 0 Å². The molecule has 0 N–H and O–H groups in total. The van der Waals surface area contributed by atoms with Crippen LogP contribution in [0.4, 0.5) is 0 Å². The standard InChI is InChI=1S/C15H7Cl3O2S/c16-8-5-9-12(19)7-14(20-15(9)11(18)6-8)21-13-4-2-1-3-10(13)17/h1-7H. The van der Waals surface area contributed by atoms with Crippen LogP contribution in [0, 0.1) is 0 Å². The topological polar surface area (TPSA) is 30.2 Å². The summed E-state index contributed by atoms with van der Waals surface area (Å²) in [5.41, 5.74) is 0.123. The van der Waals surface area contributed by atoms with E-state index >= 15 is 0 Å². The summed E-state index contributed by atoms with van der Waals surface area (Å²) in [6.45, 7) is 0. The van der Waals surface area contributed by atoms with Crippen LogP contribution in [-0.2, 0) is 0 Å². The second-order valence-corrected chi connectivity index (χ2v) is 6.52. The van der Waals surface area contributed by atoms with Crippen molar-refractivity contribution < 1.29 is 4.42 Å². The van der Waals surface area contributed by atoms with Crippen molar-refractivity contribution in [2.75, 3.05) is 0 Å². The van der Waals surface area contributed by atoms with E-state index in [1.807, 2.05) is 18.2 Å². The molecule has 0 atom stereocenters. The van der Waals surface area contributed by atoms with Gasteiger partial charge in [-0.2, -0.15) is 0 Å². The van der Waals surface area contributed by atoms with E-state index in [9.17, 15) is 4.79 Å². The summed E-state index contributed by atoms with van der Waals surface area (Å²) in [7, 11) is 0. The van der Waals surface area contributed by atoms with Gasteiger partial charge in [-0.15, -0.1) is 0 Å². The monoisotopic (exact) mass is 356 g/mol. The zero-order valence-corrected chi connectivity index (χ0v) is 13.5. The Morgan fingerprint density at radius 2 is 1.71 bits per heavy atom. The highest BCUT2D eigenvalue weighted by atomic mass is 35.5. The van der Waals surface area contributed by atoms with Crippen LogP contribution in [0.25, 0.3) is 11.0 Å². The molecule has 1 aromatic heterocycles. The van der Waals surface area contributed by atoms with Crippen molar-refractivity contribution in [1.82, 2.24) is 0 Å². The molecular formula is C15H7Cl3O2S. The molecule has 0 spiro atoms. The zero-order valence-electron chi connectivity index (χ0n) is 10.4. The molecule has 0 saturated heterocycles. The van der Waals surface area contributed by atoms with Gasteiger partial charge in [-0.25, -0.2) is 0 Å². The number of fused-ring (bicyclic) bond motifs is 1. The molecule has 6 heteroatoms. The van der Waals surface area contributed by atoms with Gasteiger partial charge in [0.15, 0.2) is 16.1 Å². The number of hydrogen-bond donors (Lipinski definition) is 0. The summed E-state index contributed by atoms with van der Waals surface area (Å²) < 4.78 is 5.70. The number of halogens is 3. The van der Waals surface area contributed by atoms with Gasteiger partial charge < -0.3 is 4.42 Å². The lowest BCUT2D eigenvalue weighted by atomic mass is 10.2. The number of hydrogen-bond acceptors (Lipinski definition) is 3. The van der Waals surface area contributed by atoms with Gasteiger partial charge >= 0.3 is 0 Å². The Hall–Kier alpha value is -1.13. The van der Waals surface area contributed by atoms with Gasteiger partial charge in [-0.05, 0) is 24.3 Å². The molecule has 3 aromatic rings. The van der Waals surface area contributed by atoms with E-state index in [1.54, 1.807) is 18.2 Å². The summed E-state index contributed by atoms with van der Waals surface area (Å²) in [6, 6.07) is 11.8. The summed E-state index contributed by atoms with van der Waals surface area (Å²) in [4.78, 5) is 13.0. The molecule has 21 heavy (non-hydrogen) atoms. The molecule has 2 aromatic carbocycles. The molecule has 106 valence electrons. The van der Waals surface area contributed by atoms with Crippen LogP contribution in [0.1, 0.15) is 0 Å². The van der Waals surface area contributed by atoms with Crippen molar-refractivity contribution in [2.45, 2.75) is 9.99 Å². The van der Waals surface area contributed by atoms with Crippen LogP contribution in [0.5, 0.6) is 0 Å². The Kier molecular flexibility index (Phi) is 4.18. The van der Waals surface area contributed by atoms with Crippen LogP contribution < -0.4 is 5.43 Å². The van der Waals surface area contributed by atoms with Crippen LogP contribution in [0.3, 0.4) is 0 Å². The Bertz CT molecular complexity index is 890.